The first kappa shape index (κ1) is 13.0. The summed E-state index contributed by atoms with van der Waals surface area (Å²) in [6.07, 6.45) is -4.61. The average molecular weight is 327 g/mol. The minimum Gasteiger partial charge on any atom is -0.272 e. The normalized spacial score (nSPS) is 11.9. The molecule has 0 saturated heterocycles. The number of aromatic amines is 1. The van der Waals surface area contributed by atoms with Crippen LogP contribution in [0.25, 0.3) is 11.3 Å². The van der Waals surface area contributed by atoms with Gasteiger partial charge in [0.1, 0.15) is 5.69 Å². The van der Waals surface area contributed by atoms with Crippen LogP contribution in [0.5, 0.6) is 0 Å². The fourth-order valence-corrected chi connectivity index (χ4v) is 1.98. The zero-order chi connectivity index (χ0) is 13.5. The van der Waals surface area contributed by atoms with Crippen LogP contribution in [0.3, 0.4) is 0 Å². The summed E-state index contributed by atoms with van der Waals surface area (Å²) in [5, 5.41) is 5.25. The Morgan fingerprint density at radius 2 is 1.78 bits per heavy atom. The number of alkyl halides is 3. The smallest absolute Gasteiger partial charge is 0.272 e. The largest absolute Gasteiger partial charge is 0.433 e. The molecular formula is C10H4BrF5N2. The lowest BCUT2D eigenvalue weighted by atomic mass is 10.1. The maximum absolute atomic E-state index is 13.0. The topological polar surface area (TPSA) is 28.7 Å². The standard InChI is InChI=1S/C10H4BrF5N2/c11-7-8(17-18-9(7)10(14,15)16)4-1-2-5(12)6(13)3-4/h1-3H,(H,17,18). The van der Waals surface area contributed by atoms with E-state index in [0.717, 1.165) is 18.2 Å². The Hall–Kier alpha value is -1.44. The predicted octanol–water partition coefficient (Wildman–Crippen LogP) is 4.14. The summed E-state index contributed by atoms with van der Waals surface area (Å²) in [5.41, 5.74) is -1.18. The van der Waals surface area contributed by atoms with Crippen LogP contribution in [-0.2, 0) is 6.18 Å². The van der Waals surface area contributed by atoms with E-state index in [1.165, 1.54) is 0 Å². The van der Waals surface area contributed by atoms with Gasteiger partial charge in [0.15, 0.2) is 17.3 Å². The number of rotatable bonds is 1. The van der Waals surface area contributed by atoms with Gasteiger partial charge in [-0.25, -0.2) is 8.78 Å². The quantitative estimate of drug-likeness (QED) is 0.784. The molecule has 1 heterocycles. The molecule has 0 bridgehead atoms. The molecule has 1 aromatic heterocycles. The van der Waals surface area contributed by atoms with E-state index in [9.17, 15) is 22.0 Å². The summed E-state index contributed by atoms with van der Waals surface area (Å²) in [4.78, 5) is 0. The zero-order valence-corrected chi connectivity index (χ0v) is 10.0. The molecule has 0 atom stereocenters. The lowest BCUT2D eigenvalue weighted by Gasteiger charge is -2.03. The predicted molar refractivity (Wildman–Crippen MR) is 56.6 cm³/mol. The number of hydrogen-bond donors (Lipinski definition) is 1. The van der Waals surface area contributed by atoms with Crippen molar-refractivity contribution in [1.82, 2.24) is 10.2 Å². The fraction of sp³-hybridized carbons (Fsp3) is 0.100. The summed E-state index contributed by atoms with van der Waals surface area (Å²) >= 11 is 2.74. The molecule has 0 radical (unpaired) electrons. The van der Waals surface area contributed by atoms with E-state index in [2.05, 4.69) is 21.0 Å². The first-order valence-corrected chi connectivity index (χ1v) is 5.36. The molecule has 2 nitrogen and oxygen atoms in total. The SMILES string of the molecule is Fc1ccc(-c2n[nH]c(C(F)(F)F)c2Br)cc1F. The van der Waals surface area contributed by atoms with E-state index in [1.807, 2.05) is 5.10 Å². The van der Waals surface area contributed by atoms with Gasteiger partial charge in [-0.3, -0.25) is 5.10 Å². The molecule has 2 aromatic rings. The first-order chi connectivity index (χ1) is 8.30. The summed E-state index contributed by atoms with van der Waals surface area (Å²) < 4.78 is 62.8. The van der Waals surface area contributed by atoms with Crippen molar-refractivity contribution in [3.05, 3.63) is 40.0 Å². The van der Waals surface area contributed by atoms with Gasteiger partial charge in [-0.15, -0.1) is 0 Å². The van der Waals surface area contributed by atoms with Crippen LogP contribution in [0.4, 0.5) is 22.0 Å². The van der Waals surface area contributed by atoms with Crippen LogP contribution >= 0.6 is 15.9 Å². The second kappa shape index (κ2) is 4.34. The molecular weight excluding hydrogens is 323 g/mol. The van der Waals surface area contributed by atoms with Crippen molar-refractivity contribution in [3.8, 4) is 11.3 Å². The molecule has 2 rings (SSSR count). The highest BCUT2D eigenvalue weighted by Crippen LogP contribution is 2.38. The molecule has 0 unspecified atom stereocenters. The highest BCUT2D eigenvalue weighted by atomic mass is 79.9. The van der Waals surface area contributed by atoms with Crippen LogP contribution in [-0.4, -0.2) is 10.2 Å². The van der Waals surface area contributed by atoms with Crippen molar-refractivity contribution in [2.24, 2.45) is 0 Å². The molecule has 0 fully saturated rings. The first-order valence-electron chi connectivity index (χ1n) is 4.57. The highest BCUT2D eigenvalue weighted by molar-refractivity contribution is 9.10. The minimum atomic E-state index is -4.61. The van der Waals surface area contributed by atoms with Crippen LogP contribution in [0, 0.1) is 11.6 Å². The van der Waals surface area contributed by atoms with Gasteiger partial charge in [0.2, 0.25) is 0 Å². The van der Waals surface area contributed by atoms with Crippen molar-refractivity contribution in [3.63, 3.8) is 0 Å². The summed E-state index contributed by atoms with van der Waals surface area (Å²) in [5.74, 6) is -2.24. The van der Waals surface area contributed by atoms with Crippen molar-refractivity contribution >= 4 is 15.9 Å². The molecule has 8 heteroatoms. The van der Waals surface area contributed by atoms with Gasteiger partial charge >= 0.3 is 6.18 Å². The summed E-state index contributed by atoms with van der Waals surface area (Å²) in [7, 11) is 0. The number of H-pyrrole nitrogens is 1. The van der Waals surface area contributed by atoms with Crippen LogP contribution in [0.2, 0.25) is 0 Å². The van der Waals surface area contributed by atoms with E-state index >= 15 is 0 Å². The van der Waals surface area contributed by atoms with Gasteiger partial charge in [-0.2, -0.15) is 18.3 Å². The number of nitrogens with zero attached hydrogens (tertiary/aromatic N) is 1. The average Bonchev–Trinajstić information content (AvgIpc) is 2.64. The Labute approximate surface area is 106 Å². The van der Waals surface area contributed by atoms with E-state index in [0.29, 0.717) is 0 Å². The summed E-state index contributed by atoms with van der Waals surface area (Å²) in [6.45, 7) is 0. The fourth-order valence-electron chi connectivity index (χ4n) is 1.35. The zero-order valence-electron chi connectivity index (χ0n) is 8.45. The molecule has 1 N–H and O–H groups in total. The van der Waals surface area contributed by atoms with Crippen LogP contribution in [0.15, 0.2) is 22.7 Å². The van der Waals surface area contributed by atoms with Crippen LogP contribution in [0.1, 0.15) is 5.69 Å². The maximum atomic E-state index is 13.0. The van der Waals surface area contributed by atoms with E-state index in [1.54, 1.807) is 0 Å². The number of benzene rings is 1. The van der Waals surface area contributed by atoms with Crippen molar-refractivity contribution in [2.75, 3.05) is 0 Å². The molecule has 96 valence electrons. The Kier molecular flexibility index (Phi) is 3.14. The monoisotopic (exact) mass is 326 g/mol. The van der Waals surface area contributed by atoms with Crippen LogP contribution < -0.4 is 0 Å². The van der Waals surface area contributed by atoms with Gasteiger partial charge in [0.05, 0.1) is 4.47 Å². The Bertz CT molecular complexity index is 590. The van der Waals surface area contributed by atoms with Gasteiger partial charge in [0.25, 0.3) is 0 Å². The third-order valence-electron chi connectivity index (χ3n) is 2.18. The third kappa shape index (κ3) is 2.24. The number of hydrogen-bond acceptors (Lipinski definition) is 1. The second-order valence-electron chi connectivity index (χ2n) is 3.39. The maximum Gasteiger partial charge on any atom is 0.433 e. The number of nitrogens with one attached hydrogen (secondary N) is 1. The van der Waals surface area contributed by atoms with Crippen molar-refractivity contribution < 1.29 is 22.0 Å². The lowest BCUT2D eigenvalue weighted by Crippen LogP contribution is -2.06. The number of halogens is 6. The second-order valence-corrected chi connectivity index (χ2v) is 4.18. The Morgan fingerprint density at radius 3 is 2.28 bits per heavy atom. The molecule has 0 aliphatic heterocycles. The van der Waals surface area contributed by atoms with Gasteiger partial charge in [-0.1, -0.05) is 0 Å². The van der Waals surface area contributed by atoms with E-state index in [-0.39, 0.29) is 15.7 Å². The molecule has 0 saturated carbocycles. The molecule has 1 aromatic carbocycles. The molecule has 0 aliphatic carbocycles. The number of aromatic nitrogens is 2. The van der Waals surface area contributed by atoms with E-state index in [4.69, 9.17) is 0 Å². The van der Waals surface area contributed by atoms with Crippen molar-refractivity contribution in [1.29, 1.82) is 0 Å². The Balaban J connectivity index is 2.52. The van der Waals surface area contributed by atoms with Gasteiger partial charge < -0.3 is 0 Å². The third-order valence-corrected chi connectivity index (χ3v) is 2.96. The minimum absolute atomic E-state index is 0.0347. The molecule has 0 amide bonds. The van der Waals surface area contributed by atoms with Crippen molar-refractivity contribution in [2.45, 2.75) is 6.18 Å². The Morgan fingerprint density at radius 1 is 1.11 bits per heavy atom. The molecule has 0 spiro atoms. The van der Waals surface area contributed by atoms with Gasteiger partial charge in [0, 0.05) is 5.56 Å². The van der Waals surface area contributed by atoms with Gasteiger partial charge in [-0.05, 0) is 34.1 Å². The lowest BCUT2D eigenvalue weighted by molar-refractivity contribution is -0.141. The van der Waals surface area contributed by atoms with E-state index < -0.39 is 23.5 Å². The molecule has 0 aliphatic rings. The molecule has 18 heavy (non-hydrogen) atoms. The highest BCUT2D eigenvalue weighted by Gasteiger charge is 2.36. The summed E-state index contributed by atoms with van der Waals surface area (Å²) in [6, 6.07) is 2.73.